The molecule has 112 valence electrons. The number of hydrogen-bond acceptors (Lipinski definition) is 7. The first kappa shape index (κ1) is 15.6. The Morgan fingerprint density at radius 2 is 1.95 bits per heavy atom. The third-order valence-electron chi connectivity index (χ3n) is 2.63. The maximum absolute atomic E-state index is 12.3. The monoisotopic (exact) mass is 315 g/mol. The number of aromatic nitrogens is 3. The second-order valence-electron chi connectivity index (χ2n) is 4.41. The average Bonchev–Trinajstić information content (AvgIpc) is 2.47. The number of nitrogens with zero attached hydrogens (tertiary/aromatic N) is 4. The van der Waals surface area contributed by atoms with Crippen molar-refractivity contribution < 1.29 is 8.42 Å². The Morgan fingerprint density at radius 3 is 2.50 bits per heavy atom. The fourth-order valence-corrected chi connectivity index (χ4v) is 2.73. The van der Waals surface area contributed by atoms with Crippen LogP contribution < -0.4 is 5.32 Å². The molecule has 2 aromatic rings. The van der Waals surface area contributed by atoms with Crippen LogP contribution in [0.25, 0.3) is 0 Å². The molecule has 0 radical (unpaired) electrons. The van der Waals surface area contributed by atoms with Gasteiger partial charge in [-0.15, -0.1) is 0 Å². The quantitative estimate of drug-likeness (QED) is 0.856. The van der Waals surface area contributed by atoms with Crippen LogP contribution in [0.2, 0.25) is 0 Å². The second kappa shape index (κ2) is 6.32. The van der Waals surface area contributed by atoms with Gasteiger partial charge in [0.25, 0.3) is 0 Å². The molecule has 0 aliphatic carbocycles. The van der Waals surface area contributed by atoms with Crippen molar-refractivity contribution in [3.8, 4) is 6.07 Å². The molecule has 0 aliphatic heterocycles. The zero-order valence-electron chi connectivity index (χ0n) is 12.0. The Hall–Kier alpha value is -2.79. The van der Waals surface area contributed by atoms with E-state index in [9.17, 15) is 8.42 Å². The molecule has 0 amide bonds. The Labute approximate surface area is 128 Å². The number of sulfone groups is 1. The lowest BCUT2D eigenvalue weighted by molar-refractivity contribution is 0.599. The Bertz CT molecular complexity index is 834. The summed E-state index contributed by atoms with van der Waals surface area (Å²) >= 11 is 0. The Kier molecular flexibility index (Phi) is 4.48. The molecule has 22 heavy (non-hydrogen) atoms. The highest BCUT2D eigenvalue weighted by Crippen LogP contribution is 2.16. The molecule has 7 nitrogen and oxygen atoms in total. The van der Waals surface area contributed by atoms with E-state index >= 15 is 0 Å². The van der Waals surface area contributed by atoms with Crippen molar-refractivity contribution in [1.29, 1.82) is 5.26 Å². The van der Waals surface area contributed by atoms with E-state index in [4.69, 9.17) is 5.26 Å². The highest BCUT2D eigenvalue weighted by Gasteiger charge is 2.22. The molecule has 0 atom stereocenters. The maximum atomic E-state index is 12.3. The van der Waals surface area contributed by atoms with Gasteiger partial charge in [-0.2, -0.15) is 5.26 Å². The van der Waals surface area contributed by atoms with E-state index in [0.717, 1.165) is 17.6 Å². The van der Waals surface area contributed by atoms with Crippen LogP contribution in [0.4, 0.5) is 5.95 Å². The molecule has 0 saturated carbocycles. The first-order chi connectivity index (χ1) is 10.4. The standard InChI is InChI=1S/C14H13N5O2S/c1-10-7-11(2)19-14(18-10)17-9-12(8-15)22(20,21)13-5-3-4-6-16-13/h3-7,9H,1-2H3,(H,17,18,19)/b12-9-. The molecule has 1 N–H and O–H groups in total. The summed E-state index contributed by atoms with van der Waals surface area (Å²) in [5.41, 5.74) is 1.46. The zero-order valence-corrected chi connectivity index (χ0v) is 12.8. The highest BCUT2D eigenvalue weighted by molar-refractivity contribution is 7.95. The SMILES string of the molecule is Cc1cc(C)nc(N/C=C(/C#N)S(=O)(=O)c2ccccn2)n1. The van der Waals surface area contributed by atoms with Gasteiger partial charge < -0.3 is 5.32 Å². The number of rotatable bonds is 4. The fourth-order valence-electron chi connectivity index (χ4n) is 1.71. The fraction of sp³-hybridized carbons (Fsp3) is 0.143. The van der Waals surface area contributed by atoms with Gasteiger partial charge in [0.15, 0.2) is 9.93 Å². The van der Waals surface area contributed by atoms with Gasteiger partial charge in [0.2, 0.25) is 15.8 Å². The Morgan fingerprint density at radius 1 is 1.27 bits per heavy atom. The molecule has 0 saturated heterocycles. The lowest BCUT2D eigenvalue weighted by atomic mass is 10.4. The molecule has 2 heterocycles. The average molecular weight is 315 g/mol. The number of allylic oxidation sites excluding steroid dienone is 1. The van der Waals surface area contributed by atoms with Crippen molar-refractivity contribution in [2.75, 3.05) is 5.32 Å². The normalized spacial score (nSPS) is 11.8. The van der Waals surface area contributed by atoms with Gasteiger partial charge in [0, 0.05) is 23.8 Å². The smallest absolute Gasteiger partial charge is 0.235 e. The van der Waals surface area contributed by atoms with E-state index in [0.29, 0.717) is 0 Å². The van der Waals surface area contributed by atoms with Gasteiger partial charge in [-0.05, 0) is 32.0 Å². The van der Waals surface area contributed by atoms with E-state index < -0.39 is 14.7 Å². The molecule has 0 spiro atoms. The van der Waals surface area contributed by atoms with Crippen LogP contribution in [0, 0.1) is 25.2 Å². The van der Waals surface area contributed by atoms with Crippen LogP contribution >= 0.6 is 0 Å². The van der Waals surface area contributed by atoms with Gasteiger partial charge in [-0.25, -0.2) is 23.4 Å². The van der Waals surface area contributed by atoms with Crippen LogP contribution in [-0.2, 0) is 9.84 Å². The topological polar surface area (TPSA) is 109 Å². The molecule has 2 aromatic heterocycles. The number of anilines is 1. The van der Waals surface area contributed by atoms with E-state index in [1.54, 1.807) is 32.0 Å². The van der Waals surface area contributed by atoms with Gasteiger partial charge in [-0.3, -0.25) is 0 Å². The summed E-state index contributed by atoms with van der Waals surface area (Å²) in [5.74, 6) is 0.224. The summed E-state index contributed by atoms with van der Waals surface area (Å²) in [6.45, 7) is 3.58. The van der Waals surface area contributed by atoms with Crippen LogP contribution in [0.15, 0.2) is 46.6 Å². The second-order valence-corrected chi connectivity index (χ2v) is 6.28. The van der Waals surface area contributed by atoms with Crippen molar-refractivity contribution in [3.05, 3.63) is 53.0 Å². The molecule has 8 heteroatoms. The molecule has 0 aliphatic rings. The number of hydrogen-bond donors (Lipinski definition) is 1. The lowest BCUT2D eigenvalue weighted by Crippen LogP contribution is -2.08. The van der Waals surface area contributed by atoms with Crippen LogP contribution in [0.3, 0.4) is 0 Å². The minimum Gasteiger partial charge on any atom is -0.329 e. The molecule has 0 bridgehead atoms. The zero-order chi connectivity index (χ0) is 16.2. The van der Waals surface area contributed by atoms with Crippen molar-refractivity contribution >= 4 is 15.8 Å². The van der Waals surface area contributed by atoms with Crippen molar-refractivity contribution in [1.82, 2.24) is 15.0 Å². The summed E-state index contributed by atoms with van der Waals surface area (Å²) < 4.78 is 24.6. The molecule has 0 fully saturated rings. The summed E-state index contributed by atoms with van der Waals surface area (Å²) in [6.07, 6.45) is 2.42. The summed E-state index contributed by atoms with van der Waals surface area (Å²) in [5, 5.41) is 11.6. The highest BCUT2D eigenvalue weighted by atomic mass is 32.2. The van der Waals surface area contributed by atoms with Crippen LogP contribution in [-0.4, -0.2) is 23.4 Å². The minimum atomic E-state index is -3.97. The molecular weight excluding hydrogens is 302 g/mol. The first-order valence-corrected chi connectivity index (χ1v) is 7.77. The maximum Gasteiger partial charge on any atom is 0.235 e. The molecule has 0 unspecified atom stereocenters. The van der Waals surface area contributed by atoms with Crippen molar-refractivity contribution in [2.24, 2.45) is 0 Å². The van der Waals surface area contributed by atoms with Crippen LogP contribution in [0.5, 0.6) is 0 Å². The summed E-state index contributed by atoms with van der Waals surface area (Å²) in [6, 6.07) is 7.90. The number of aryl methyl sites for hydroxylation is 2. The van der Waals surface area contributed by atoms with Gasteiger partial charge in [0.05, 0.1) is 0 Å². The number of nitriles is 1. The van der Waals surface area contributed by atoms with Crippen molar-refractivity contribution in [3.63, 3.8) is 0 Å². The predicted octanol–water partition coefficient (Wildman–Crippen LogP) is 1.74. The van der Waals surface area contributed by atoms with Crippen molar-refractivity contribution in [2.45, 2.75) is 18.9 Å². The summed E-state index contributed by atoms with van der Waals surface area (Å²) in [4.78, 5) is 11.5. The lowest BCUT2D eigenvalue weighted by Gasteiger charge is -2.04. The van der Waals surface area contributed by atoms with E-state index in [1.807, 2.05) is 0 Å². The van der Waals surface area contributed by atoms with Gasteiger partial charge >= 0.3 is 0 Å². The first-order valence-electron chi connectivity index (χ1n) is 6.28. The largest absolute Gasteiger partial charge is 0.329 e. The minimum absolute atomic E-state index is 0.189. The van der Waals surface area contributed by atoms with Gasteiger partial charge in [-0.1, -0.05) is 6.07 Å². The number of pyridine rings is 1. The third-order valence-corrected chi connectivity index (χ3v) is 4.21. The van der Waals surface area contributed by atoms with E-state index in [-0.39, 0.29) is 11.0 Å². The molecular formula is C14H13N5O2S. The number of nitrogens with one attached hydrogen (secondary N) is 1. The van der Waals surface area contributed by atoms with E-state index in [1.165, 1.54) is 18.3 Å². The molecule has 0 aromatic carbocycles. The van der Waals surface area contributed by atoms with E-state index in [2.05, 4.69) is 20.3 Å². The third kappa shape index (κ3) is 3.45. The van der Waals surface area contributed by atoms with Crippen LogP contribution in [0.1, 0.15) is 11.4 Å². The molecule has 2 rings (SSSR count). The Balaban J connectivity index is 2.34. The summed E-state index contributed by atoms with van der Waals surface area (Å²) in [7, 11) is -3.97. The van der Waals surface area contributed by atoms with Gasteiger partial charge in [0.1, 0.15) is 6.07 Å². The predicted molar refractivity (Wildman–Crippen MR) is 80.2 cm³/mol.